The van der Waals surface area contributed by atoms with E-state index in [1.54, 1.807) is 23.6 Å². The number of fused-ring (bicyclic) bond motifs is 1. The quantitative estimate of drug-likeness (QED) is 0.528. The van der Waals surface area contributed by atoms with E-state index < -0.39 is 6.17 Å². The van der Waals surface area contributed by atoms with Gasteiger partial charge in [0.2, 0.25) is 0 Å². The lowest BCUT2D eigenvalue weighted by Crippen LogP contribution is -2.60. The SMILES string of the molecule is COc1nnc2ccc(N3CCC(c4ccc(OCCN5CCN(C)C(=O)[C@H]5N)cc4)CC3)nn12. The molecule has 0 saturated carbocycles. The first kappa shape index (κ1) is 23.3. The van der Waals surface area contributed by atoms with Crippen molar-refractivity contribution in [1.29, 1.82) is 0 Å². The van der Waals surface area contributed by atoms with Crippen LogP contribution < -0.4 is 20.1 Å². The summed E-state index contributed by atoms with van der Waals surface area (Å²) in [6.45, 7) is 4.44. The zero-order valence-corrected chi connectivity index (χ0v) is 20.2. The maximum absolute atomic E-state index is 12.0. The number of anilines is 1. The molecule has 0 radical (unpaired) electrons. The first-order chi connectivity index (χ1) is 17.0. The summed E-state index contributed by atoms with van der Waals surface area (Å²) in [5, 5.41) is 12.7. The molecule has 2 aliphatic rings. The minimum absolute atomic E-state index is 0.0403. The molecule has 35 heavy (non-hydrogen) atoms. The molecule has 1 atom stereocenters. The third-order valence-corrected chi connectivity index (χ3v) is 6.97. The van der Waals surface area contributed by atoms with Crippen LogP contribution in [0.25, 0.3) is 5.65 Å². The molecule has 0 spiro atoms. The summed E-state index contributed by atoms with van der Waals surface area (Å²) in [6, 6.07) is 12.7. The van der Waals surface area contributed by atoms with E-state index in [0.29, 0.717) is 37.3 Å². The van der Waals surface area contributed by atoms with E-state index >= 15 is 0 Å². The zero-order chi connectivity index (χ0) is 24.4. The monoisotopic (exact) mass is 480 g/mol. The van der Waals surface area contributed by atoms with Crippen molar-refractivity contribution in [2.24, 2.45) is 5.73 Å². The molecule has 2 aromatic heterocycles. The van der Waals surface area contributed by atoms with Gasteiger partial charge in [0.15, 0.2) is 5.65 Å². The Balaban J connectivity index is 1.12. The Hall–Kier alpha value is -3.44. The van der Waals surface area contributed by atoms with E-state index in [1.165, 1.54) is 5.56 Å². The number of nitrogens with zero attached hydrogens (tertiary/aromatic N) is 7. The Morgan fingerprint density at radius 2 is 1.80 bits per heavy atom. The molecule has 2 N–H and O–H groups in total. The molecule has 1 aromatic carbocycles. The van der Waals surface area contributed by atoms with Gasteiger partial charge in [-0.1, -0.05) is 17.2 Å². The highest BCUT2D eigenvalue weighted by atomic mass is 16.5. The number of amides is 1. The summed E-state index contributed by atoms with van der Waals surface area (Å²) < 4.78 is 12.8. The van der Waals surface area contributed by atoms with Crippen LogP contribution in [0.15, 0.2) is 36.4 Å². The third kappa shape index (κ3) is 4.87. The molecule has 0 unspecified atom stereocenters. The molecule has 2 aliphatic heterocycles. The highest BCUT2D eigenvalue weighted by Crippen LogP contribution is 2.31. The summed E-state index contributed by atoms with van der Waals surface area (Å²) in [5.74, 6) is 2.20. The van der Waals surface area contributed by atoms with Crippen LogP contribution in [-0.4, -0.2) is 95.2 Å². The van der Waals surface area contributed by atoms with Crippen molar-refractivity contribution in [2.75, 3.05) is 58.4 Å². The van der Waals surface area contributed by atoms with E-state index in [1.807, 2.05) is 29.2 Å². The number of likely N-dealkylation sites (N-methyl/N-ethyl adjacent to an activating group) is 1. The van der Waals surface area contributed by atoms with Crippen molar-refractivity contribution in [2.45, 2.75) is 24.9 Å². The van der Waals surface area contributed by atoms with Crippen molar-refractivity contribution >= 4 is 17.4 Å². The van der Waals surface area contributed by atoms with Crippen LogP contribution in [0.3, 0.4) is 0 Å². The molecule has 4 heterocycles. The Kier molecular flexibility index (Phi) is 6.69. The number of benzene rings is 1. The Morgan fingerprint density at radius 1 is 1.03 bits per heavy atom. The van der Waals surface area contributed by atoms with E-state index in [4.69, 9.17) is 15.2 Å². The second kappa shape index (κ2) is 10.0. The van der Waals surface area contributed by atoms with Gasteiger partial charge >= 0.3 is 6.01 Å². The molecule has 2 saturated heterocycles. The number of nitrogens with two attached hydrogens (primary N) is 1. The molecule has 5 rings (SSSR count). The van der Waals surface area contributed by atoms with Gasteiger partial charge in [-0.05, 0) is 48.6 Å². The second-order valence-electron chi connectivity index (χ2n) is 9.07. The standard InChI is InChI=1S/C24H32N8O3/c1-29-13-14-31(22(25)23(29)33)15-16-35-19-5-3-17(4-6-19)18-9-11-30(12-10-18)21-8-7-20-26-27-24(34-2)32(20)28-21/h3-8,18,22H,9-16,25H2,1-2H3/t22-/m0/s1. The van der Waals surface area contributed by atoms with Gasteiger partial charge in [0.1, 0.15) is 24.3 Å². The van der Waals surface area contributed by atoms with Crippen molar-refractivity contribution in [3.05, 3.63) is 42.0 Å². The maximum Gasteiger partial charge on any atom is 0.338 e. The van der Waals surface area contributed by atoms with Gasteiger partial charge in [0.05, 0.1) is 7.11 Å². The summed E-state index contributed by atoms with van der Waals surface area (Å²) >= 11 is 0. The molecule has 0 aliphatic carbocycles. The number of carbonyl (C=O) groups excluding carboxylic acids is 1. The lowest BCUT2D eigenvalue weighted by Gasteiger charge is -2.36. The molecule has 11 heteroatoms. The summed E-state index contributed by atoms with van der Waals surface area (Å²) in [5.41, 5.74) is 8.03. The molecule has 3 aromatic rings. The van der Waals surface area contributed by atoms with Gasteiger partial charge < -0.3 is 25.0 Å². The largest absolute Gasteiger partial charge is 0.492 e. The Bertz CT molecular complexity index is 1160. The van der Waals surface area contributed by atoms with Crippen LogP contribution in [-0.2, 0) is 4.79 Å². The summed E-state index contributed by atoms with van der Waals surface area (Å²) in [6.07, 6.45) is 1.52. The van der Waals surface area contributed by atoms with E-state index in [0.717, 1.165) is 44.0 Å². The van der Waals surface area contributed by atoms with Crippen molar-refractivity contribution < 1.29 is 14.3 Å². The lowest BCUT2D eigenvalue weighted by atomic mass is 9.89. The van der Waals surface area contributed by atoms with E-state index in [2.05, 4.69) is 32.3 Å². The third-order valence-electron chi connectivity index (χ3n) is 6.97. The number of hydrogen-bond donors (Lipinski definition) is 1. The molecule has 0 bridgehead atoms. The van der Waals surface area contributed by atoms with E-state index in [9.17, 15) is 4.79 Å². The van der Waals surface area contributed by atoms with E-state index in [-0.39, 0.29) is 5.91 Å². The summed E-state index contributed by atoms with van der Waals surface area (Å²) in [7, 11) is 3.35. The molecular formula is C24H32N8O3. The average molecular weight is 481 g/mol. The summed E-state index contributed by atoms with van der Waals surface area (Å²) in [4.78, 5) is 18.0. The zero-order valence-electron chi connectivity index (χ0n) is 20.2. The minimum atomic E-state index is -0.582. The number of carbonyl (C=O) groups is 1. The molecule has 1 amide bonds. The fourth-order valence-corrected chi connectivity index (χ4v) is 4.77. The average Bonchev–Trinajstić information content (AvgIpc) is 3.31. The van der Waals surface area contributed by atoms with Crippen LogP contribution in [0.1, 0.15) is 24.3 Å². The van der Waals surface area contributed by atoms with Crippen molar-refractivity contribution in [3.8, 4) is 11.8 Å². The molecule has 11 nitrogen and oxygen atoms in total. The second-order valence-corrected chi connectivity index (χ2v) is 9.07. The molecular weight excluding hydrogens is 448 g/mol. The molecule has 2 fully saturated rings. The first-order valence-corrected chi connectivity index (χ1v) is 12.0. The van der Waals surface area contributed by atoms with Crippen molar-refractivity contribution in [1.82, 2.24) is 29.6 Å². The lowest BCUT2D eigenvalue weighted by molar-refractivity contribution is -0.140. The number of aromatic nitrogens is 4. The van der Waals surface area contributed by atoms with Gasteiger partial charge in [-0.15, -0.1) is 10.2 Å². The maximum atomic E-state index is 12.0. The fourth-order valence-electron chi connectivity index (χ4n) is 4.77. The Morgan fingerprint density at radius 3 is 2.54 bits per heavy atom. The number of methoxy groups -OCH3 is 1. The predicted molar refractivity (Wildman–Crippen MR) is 131 cm³/mol. The van der Waals surface area contributed by atoms with Crippen LogP contribution >= 0.6 is 0 Å². The highest BCUT2D eigenvalue weighted by Gasteiger charge is 2.29. The van der Waals surface area contributed by atoms with Crippen LogP contribution in [0.2, 0.25) is 0 Å². The van der Waals surface area contributed by atoms with Gasteiger partial charge in [-0.2, -0.15) is 4.52 Å². The number of piperidine rings is 1. The first-order valence-electron chi connectivity index (χ1n) is 12.0. The number of rotatable bonds is 7. The van der Waals surface area contributed by atoms with Crippen LogP contribution in [0.4, 0.5) is 5.82 Å². The topological polar surface area (TPSA) is 114 Å². The van der Waals surface area contributed by atoms with Crippen LogP contribution in [0.5, 0.6) is 11.8 Å². The molecule has 186 valence electrons. The number of hydrogen-bond acceptors (Lipinski definition) is 9. The van der Waals surface area contributed by atoms with Gasteiger partial charge in [-0.3, -0.25) is 9.69 Å². The Labute approximate surface area is 204 Å². The highest BCUT2D eigenvalue weighted by molar-refractivity contribution is 5.81. The van der Waals surface area contributed by atoms with Gasteiger partial charge in [0.25, 0.3) is 5.91 Å². The van der Waals surface area contributed by atoms with Crippen LogP contribution in [0, 0.1) is 0 Å². The smallest absolute Gasteiger partial charge is 0.338 e. The van der Waals surface area contributed by atoms with Gasteiger partial charge in [0, 0.05) is 39.8 Å². The number of piperazine rings is 1. The van der Waals surface area contributed by atoms with Crippen molar-refractivity contribution in [3.63, 3.8) is 0 Å². The minimum Gasteiger partial charge on any atom is -0.492 e. The normalized spacial score (nSPS) is 20.0. The number of ether oxygens (including phenoxy) is 2. The predicted octanol–water partition coefficient (Wildman–Crippen LogP) is 0.955. The fraction of sp³-hybridized carbons (Fsp3) is 0.500. The van der Waals surface area contributed by atoms with Gasteiger partial charge in [-0.25, -0.2) is 0 Å².